The lowest BCUT2D eigenvalue weighted by molar-refractivity contribution is -0.137. The molecule has 0 saturated heterocycles. The van der Waals surface area contributed by atoms with E-state index < -0.39 is 11.7 Å². The van der Waals surface area contributed by atoms with Crippen molar-refractivity contribution in [3.8, 4) is 0 Å². The highest BCUT2D eigenvalue weighted by Gasteiger charge is 2.29. The van der Waals surface area contributed by atoms with Gasteiger partial charge in [0.15, 0.2) is 5.96 Å². The Bertz CT molecular complexity index is 736. The summed E-state index contributed by atoms with van der Waals surface area (Å²) in [6.07, 6.45) is -2.58. The van der Waals surface area contributed by atoms with Gasteiger partial charge in [0.1, 0.15) is 0 Å². The lowest BCUT2D eigenvalue weighted by Gasteiger charge is -2.12. The molecule has 1 aromatic carbocycles. The van der Waals surface area contributed by atoms with Crippen LogP contribution in [0, 0.1) is 6.92 Å². The number of thiazole rings is 1. The van der Waals surface area contributed by atoms with Crippen molar-refractivity contribution in [2.45, 2.75) is 39.4 Å². The van der Waals surface area contributed by atoms with Gasteiger partial charge in [0.05, 0.1) is 16.3 Å². The van der Waals surface area contributed by atoms with Crippen LogP contribution in [0.4, 0.5) is 13.2 Å². The molecule has 142 valence electrons. The maximum Gasteiger partial charge on any atom is 0.416 e. The van der Waals surface area contributed by atoms with E-state index >= 15 is 0 Å². The number of benzene rings is 1. The topological polar surface area (TPSA) is 49.3 Å². The number of alkyl halides is 3. The van der Waals surface area contributed by atoms with Gasteiger partial charge in [0, 0.05) is 31.4 Å². The van der Waals surface area contributed by atoms with Gasteiger partial charge in [-0.05, 0) is 31.0 Å². The Hall–Kier alpha value is -2.09. The Balaban J connectivity index is 1.80. The number of hydrogen-bond acceptors (Lipinski definition) is 3. The first kappa shape index (κ1) is 20.2. The molecule has 0 aliphatic carbocycles. The Morgan fingerprint density at radius 3 is 2.42 bits per heavy atom. The largest absolute Gasteiger partial charge is 0.416 e. The van der Waals surface area contributed by atoms with Gasteiger partial charge in [-0.25, -0.2) is 4.98 Å². The predicted molar refractivity (Wildman–Crippen MR) is 99.6 cm³/mol. The van der Waals surface area contributed by atoms with Crippen LogP contribution in [0.2, 0.25) is 0 Å². The second-order valence-electron chi connectivity index (χ2n) is 5.76. The van der Waals surface area contributed by atoms with Crippen LogP contribution in [0.3, 0.4) is 0 Å². The van der Waals surface area contributed by atoms with E-state index in [0.29, 0.717) is 19.0 Å². The molecule has 0 atom stereocenters. The molecule has 2 N–H and O–H groups in total. The van der Waals surface area contributed by atoms with Crippen LogP contribution >= 0.6 is 11.3 Å². The van der Waals surface area contributed by atoms with Gasteiger partial charge in [-0.2, -0.15) is 13.2 Å². The lowest BCUT2D eigenvalue weighted by atomic mass is 10.1. The van der Waals surface area contributed by atoms with Crippen molar-refractivity contribution in [3.05, 3.63) is 51.0 Å². The summed E-state index contributed by atoms with van der Waals surface area (Å²) in [7, 11) is 1.66. The number of guanidine groups is 1. The predicted octanol–water partition coefficient (Wildman–Crippen LogP) is 3.94. The molecule has 0 amide bonds. The molecule has 0 unspecified atom stereocenters. The van der Waals surface area contributed by atoms with E-state index in [-0.39, 0.29) is 0 Å². The van der Waals surface area contributed by atoms with Crippen LogP contribution in [-0.2, 0) is 25.6 Å². The summed E-state index contributed by atoms with van der Waals surface area (Å²) in [5.41, 5.74) is 1.26. The summed E-state index contributed by atoms with van der Waals surface area (Å²) in [5, 5.41) is 7.38. The van der Waals surface area contributed by atoms with Gasteiger partial charge >= 0.3 is 6.18 Å². The lowest BCUT2D eigenvalue weighted by Crippen LogP contribution is -2.37. The summed E-state index contributed by atoms with van der Waals surface area (Å²) in [5.74, 6) is 0.605. The third-order valence-electron chi connectivity index (χ3n) is 3.87. The fourth-order valence-corrected chi connectivity index (χ4v) is 3.45. The van der Waals surface area contributed by atoms with Crippen LogP contribution in [0.25, 0.3) is 0 Å². The van der Waals surface area contributed by atoms with E-state index in [4.69, 9.17) is 0 Å². The van der Waals surface area contributed by atoms with Gasteiger partial charge < -0.3 is 10.6 Å². The van der Waals surface area contributed by atoms with Crippen molar-refractivity contribution in [1.29, 1.82) is 0 Å². The molecule has 0 bridgehead atoms. The smallest absolute Gasteiger partial charge is 0.356 e. The zero-order valence-corrected chi connectivity index (χ0v) is 15.9. The van der Waals surface area contributed by atoms with Crippen LogP contribution in [0.5, 0.6) is 0 Å². The number of aliphatic imine (C=N–C) groups is 1. The van der Waals surface area contributed by atoms with Crippen LogP contribution in [0.15, 0.2) is 29.3 Å². The molecule has 0 aliphatic heterocycles. The molecule has 0 aliphatic rings. The standard InChI is InChI=1S/C18H23F3N4S/c1-4-15-12(2)26-16(25-15)9-10-23-17(22-3)24-11-13-5-7-14(8-6-13)18(19,20)21/h5-8H,4,9-11H2,1-3H3,(H2,22,23,24). The first-order valence-electron chi connectivity index (χ1n) is 8.39. The first-order valence-corrected chi connectivity index (χ1v) is 9.21. The number of nitrogens with zero attached hydrogens (tertiary/aromatic N) is 2. The maximum atomic E-state index is 12.6. The van der Waals surface area contributed by atoms with Crippen molar-refractivity contribution in [2.24, 2.45) is 4.99 Å². The summed E-state index contributed by atoms with van der Waals surface area (Å²) >= 11 is 1.71. The van der Waals surface area contributed by atoms with E-state index in [1.807, 2.05) is 0 Å². The second kappa shape index (κ2) is 9.02. The number of halogens is 3. The van der Waals surface area contributed by atoms with Crippen molar-refractivity contribution in [1.82, 2.24) is 15.6 Å². The number of hydrogen-bond donors (Lipinski definition) is 2. The highest BCUT2D eigenvalue weighted by Crippen LogP contribution is 2.29. The van der Waals surface area contributed by atoms with E-state index in [0.717, 1.165) is 41.2 Å². The molecule has 2 rings (SSSR count). The average Bonchev–Trinajstić information content (AvgIpc) is 2.97. The molecular formula is C18H23F3N4S. The molecule has 1 aromatic heterocycles. The summed E-state index contributed by atoms with van der Waals surface area (Å²) in [6.45, 7) is 5.26. The average molecular weight is 384 g/mol. The third-order valence-corrected chi connectivity index (χ3v) is 4.94. The Morgan fingerprint density at radius 2 is 1.88 bits per heavy atom. The Morgan fingerprint density at radius 1 is 1.19 bits per heavy atom. The fourth-order valence-electron chi connectivity index (χ4n) is 2.43. The first-order chi connectivity index (χ1) is 12.3. The maximum absolute atomic E-state index is 12.6. The van der Waals surface area contributed by atoms with Gasteiger partial charge in [-0.3, -0.25) is 4.99 Å². The van der Waals surface area contributed by atoms with E-state index in [2.05, 4.69) is 34.5 Å². The number of aromatic nitrogens is 1. The second-order valence-corrected chi connectivity index (χ2v) is 7.05. The SMILES string of the molecule is CCc1nc(CCNC(=NC)NCc2ccc(C(F)(F)F)cc2)sc1C. The molecule has 2 aromatic rings. The van der Waals surface area contributed by atoms with Gasteiger partial charge in [-0.1, -0.05) is 19.1 Å². The van der Waals surface area contributed by atoms with Crippen molar-refractivity contribution in [2.75, 3.05) is 13.6 Å². The van der Waals surface area contributed by atoms with E-state index in [1.165, 1.54) is 17.0 Å². The van der Waals surface area contributed by atoms with Gasteiger partial charge in [-0.15, -0.1) is 11.3 Å². The molecule has 0 saturated carbocycles. The van der Waals surface area contributed by atoms with Gasteiger partial charge in [0.2, 0.25) is 0 Å². The third kappa shape index (κ3) is 5.72. The minimum Gasteiger partial charge on any atom is -0.356 e. The molecule has 4 nitrogen and oxygen atoms in total. The van der Waals surface area contributed by atoms with Crippen molar-refractivity contribution >= 4 is 17.3 Å². The Kier molecular flexibility index (Phi) is 7.02. The Labute approximate surface area is 155 Å². The van der Waals surface area contributed by atoms with Gasteiger partial charge in [0.25, 0.3) is 0 Å². The van der Waals surface area contributed by atoms with Crippen molar-refractivity contribution < 1.29 is 13.2 Å². The zero-order chi connectivity index (χ0) is 19.2. The highest BCUT2D eigenvalue weighted by atomic mass is 32.1. The number of aryl methyl sites for hydroxylation is 2. The minimum atomic E-state index is -4.31. The summed E-state index contributed by atoms with van der Waals surface area (Å²) in [6, 6.07) is 5.11. The molecule has 0 fully saturated rings. The molecule has 26 heavy (non-hydrogen) atoms. The molecule has 8 heteroatoms. The highest BCUT2D eigenvalue weighted by molar-refractivity contribution is 7.11. The molecular weight excluding hydrogens is 361 g/mol. The summed E-state index contributed by atoms with van der Waals surface area (Å²) < 4.78 is 37.7. The monoisotopic (exact) mass is 384 g/mol. The van der Waals surface area contributed by atoms with Crippen LogP contribution in [0.1, 0.15) is 33.6 Å². The minimum absolute atomic E-state index is 0.397. The molecule has 0 spiro atoms. The fraction of sp³-hybridized carbons (Fsp3) is 0.444. The van der Waals surface area contributed by atoms with E-state index in [9.17, 15) is 13.2 Å². The number of nitrogens with one attached hydrogen (secondary N) is 2. The van der Waals surface area contributed by atoms with E-state index in [1.54, 1.807) is 18.4 Å². The summed E-state index contributed by atoms with van der Waals surface area (Å²) in [4.78, 5) is 9.98. The molecule has 0 radical (unpaired) electrons. The normalized spacial score (nSPS) is 12.3. The molecule has 1 heterocycles. The quantitative estimate of drug-likeness (QED) is 0.586. The number of rotatable bonds is 6. The van der Waals surface area contributed by atoms with Crippen LogP contribution in [-0.4, -0.2) is 24.5 Å². The van der Waals surface area contributed by atoms with Crippen LogP contribution < -0.4 is 10.6 Å². The zero-order valence-electron chi connectivity index (χ0n) is 15.1. The van der Waals surface area contributed by atoms with Crippen molar-refractivity contribution in [3.63, 3.8) is 0 Å².